The van der Waals surface area contributed by atoms with Crippen LogP contribution >= 0.6 is 11.3 Å². The normalized spacial score (nSPS) is 14.5. The van der Waals surface area contributed by atoms with E-state index in [0.29, 0.717) is 15.9 Å². The van der Waals surface area contributed by atoms with Gasteiger partial charge in [-0.15, -0.1) is 11.3 Å². The Labute approximate surface area is 160 Å². The monoisotopic (exact) mass is 383 g/mol. The molecule has 140 valence electrons. The number of nitrogens with zero attached hydrogens (tertiary/aromatic N) is 4. The van der Waals surface area contributed by atoms with Crippen molar-refractivity contribution in [2.45, 2.75) is 32.9 Å². The zero-order valence-electron chi connectivity index (χ0n) is 15.5. The number of aromatic nitrogens is 3. The van der Waals surface area contributed by atoms with Crippen LogP contribution in [0.25, 0.3) is 10.8 Å². The smallest absolute Gasteiger partial charge is 0.278 e. The van der Waals surface area contributed by atoms with E-state index in [0.717, 1.165) is 25.2 Å². The van der Waals surface area contributed by atoms with Crippen molar-refractivity contribution >= 4 is 33.1 Å². The first-order valence-corrected chi connectivity index (χ1v) is 9.75. The molecule has 0 radical (unpaired) electrons. The summed E-state index contributed by atoms with van der Waals surface area (Å²) >= 11 is 1.50. The molecule has 1 aliphatic heterocycles. The number of hydrogen-bond donors (Lipinski definition) is 1. The molecule has 27 heavy (non-hydrogen) atoms. The summed E-state index contributed by atoms with van der Waals surface area (Å²) in [5, 5.41) is 8.85. The van der Waals surface area contributed by atoms with Crippen LogP contribution in [0.15, 0.2) is 29.1 Å². The molecular weight excluding hydrogens is 362 g/mol. The molecule has 1 amide bonds. The standard InChI is InChI=1S/C19H21N5O2S/c1-11(2)24-18(26)13-7-5-4-6-12(13)16(22-24)17(25)21-19-20-14-8-9-23(3)10-15(14)27-19/h4-7,11H,8-10H2,1-3H3,(H,20,21,25). The third-order valence-corrected chi connectivity index (χ3v) is 5.67. The number of rotatable bonds is 3. The van der Waals surface area contributed by atoms with Crippen molar-refractivity contribution in [2.75, 3.05) is 18.9 Å². The number of carbonyl (C=O) groups is 1. The molecule has 0 spiro atoms. The van der Waals surface area contributed by atoms with Crippen molar-refractivity contribution in [3.63, 3.8) is 0 Å². The van der Waals surface area contributed by atoms with Gasteiger partial charge in [-0.05, 0) is 27.0 Å². The van der Waals surface area contributed by atoms with Crippen molar-refractivity contribution in [1.29, 1.82) is 0 Å². The van der Waals surface area contributed by atoms with Gasteiger partial charge >= 0.3 is 0 Å². The molecule has 0 bridgehead atoms. The first-order valence-electron chi connectivity index (χ1n) is 8.94. The Bertz CT molecular complexity index is 1090. The third kappa shape index (κ3) is 3.26. The molecule has 0 aliphatic carbocycles. The molecule has 0 saturated carbocycles. The van der Waals surface area contributed by atoms with Gasteiger partial charge in [-0.25, -0.2) is 9.67 Å². The van der Waals surface area contributed by atoms with Crippen LogP contribution in [0.1, 0.15) is 40.9 Å². The van der Waals surface area contributed by atoms with Crippen LogP contribution < -0.4 is 10.9 Å². The van der Waals surface area contributed by atoms with Gasteiger partial charge in [-0.2, -0.15) is 5.10 Å². The zero-order chi connectivity index (χ0) is 19.1. The second kappa shape index (κ2) is 6.86. The van der Waals surface area contributed by atoms with E-state index < -0.39 is 0 Å². The molecule has 0 atom stereocenters. The van der Waals surface area contributed by atoms with Crippen LogP contribution in [0, 0.1) is 0 Å². The Balaban J connectivity index is 1.73. The summed E-state index contributed by atoms with van der Waals surface area (Å²) < 4.78 is 1.36. The Morgan fingerprint density at radius 3 is 2.74 bits per heavy atom. The van der Waals surface area contributed by atoms with E-state index in [1.807, 2.05) is 13.8 Å². The lowest BCUT2D eigenvalue weighted by atomic mass is 10.1. The van der Waals surface area contributed by atoms with Crippen molar-refractivity contribution in [3.05, 3.63) is 50.9 Å². The lowest BCUT2D eigenvalue weighted by Crippen LogP contribution is -2.28. The van der Waals surface area contributed by atoms with Gasteiger partial charge in [0.15, 0.2) is 10.8 Å². The van der Waals surface area contributed by atoms with Crippen molar-refractivity contribution in [1.82, 2.24) is 19.7 Å². The fourth-order valence-electron chi connectivity index (χ4n) is 3.26. The minimum Gasteiger partial charge on any atom is -0.301 e. The number of anilines is 1. The average Bonchev–Trinajstić information content (AvgIpc) is 3.03. The lowest BCUT2D eigenvalue weighted by molar-refractivity contribution is 0.102. The number of nitrogens with one attached hydrogen (secondary N) is 1. The second-order valence-electron chi connectivity index (χ2n) is 7.07. The minimum absolute atomic E-state index is 0.142. The number of thiazole rings is 1. The summed E-state index contributed by atoms with van der Waals surface area (Å²) in [7, 11) is 2.08. The van der Waals surface area contributed by atoms with Crippen molar-refractivity contribution < 1.29 is 4.79 Å². The molecule has 1 N–H and O–H groups in total. The fourth-order valence-corrected chi connectivity index (χ4v) is 4.34. The van der Waals surface area contributed by atoms with Gasteiger partial charge in [-0.3, -0.25) is 14.9 Å². The summed E-state index contributed by atoms with van der Waals surface area (Å²) in [5.74, 6) is -0.347. The van der Waals surface area contributed by atoms with Crippen molar-refractivity contribution in [3.8, 4) is 0 Å². The quantitative estimate of drug-likeness (QED) is 0.752. The Morgan fingerprint density at radius 2 is 2.00 bits per heavy atom. The molecule has 0 saturated heterocycles. The third-order valence-electron chi connectivity index (χ3n) is 4.68. The highest BCUT2D eigenvalue weighted by atomic mass is 32.1. The maximum Gasteiger partial charge on any atom is 0.278 e. The largest absolute Gasteiger partial charge is 0.301 e. The van der Waals surface area contributed by atoms with Gasteiger partial charge in [-0.1, -0.05) is 18.2 Å². The first-order chi connectivity index (χ1) is 12.9. The predicted molar refractivity (Wildman–Crippen MR) is 106 cm³/mol. The van der Waals surface area contributed by atoms with E-state index >= 15 is 0 Å². The van der Waals surface area contributed by atoms with Crippen LogP contribution in [-0.4, -0.2) is 39.2 Å². The average molecular weight is 383 g/mol. The van der Waals surface area contributed by atoms with E-state index in [1.54, 1.807) is 24.3 Å². The molecule has 1 aliphatic rings. The lowest BCUT2D eigenvalue weighted by Gasteiger charge is -2.20. The Morgan fingerprint density at radius 1 is 1.26 bits per heavy atom. The van der Waals surface area contributed by atoms with E-state index in [2.05, 4.69) is 27.3 Å². The number of amides is 1. The molecule has 3 aromatic rings. The molecule has 0 unspecified atom stereocenters. The van der Waals surface area contributed by atoms with Crippen LogP contribution in [0.5, 0.6) is 0 Å². The summed E-state index contributed by atoms with van der Waals surface area (Å²) in [6.07, 6.45) is 0.887. The number of carbonyl (C=O) groups excluding carboxylic acids is 1. The number of likely N-dealkylation sites (N-methyl/N-ethyl adjacent to an activating group) is 1. The molecule has 2 aromatic heterocycles. The van der Waals surface area contributed by atoms with E-state index in [-0.39, 0.29) is 23.2 Å². The first kappa shape index (κ1) is 17.8. The maximum absolute atomic E-state index is 13.0. The maximum atomic E-state index is 13.0. The highest BCUT2D eigenvalue weighted by Gasteiger charge is 2.22. The Hall–Kier alpha value is -2.58. The summed E-state index contributed by atoms with van der Waals surface area (Å²) in [6, 6.07) is 6.94. The van der Waals surface area contributed by atoms with Gasteiger partial charge in [0.05, 0.1) is 17.1 Å². The van der Waals surface area contributed by atoms with Gasteiger partial charge in [0.1, 0.15) is 0 Å². The fraction of sp³-hybridized carbons (Fsp3) is 0.368. The molecule has 3 heterocycles. The topological polar surface area (TPSA) is 80.1 Å². The number of hydrogen-bond acceptors (Lipinski definition) is 6. The van der Waals surface area contributed by atoms with Crippen LogP contribution in [0.2, 0.25) is 0 Å². The van der Waals surface area contributed by atoms with E-state index in [4.69, 9.17) is 0 Å². The zero-order valence-corrected chi connectivity index (χ0v) is 16.3. The molecule has 0 fully saturated rings. The molecule has 4 rings (SSSR count). The van der Waals surface area contributed by atoms with Gasteiger partial charge in [0.2, 0.25) is 0 Å². The van der Waals surface area contributed by atoms with E-state index in [1.165, 1.54) is 20.9 Å². The summed E-state index contributed by atoms with van der Waals surface area (Å²) in [6.45, 7) is 5.56. The van der Waals surface area contributed by atoms with Crippen LogP contribution in [0.3, 0.4) is 0 Å². The van der Waals surface area contributed by atoms with Crippen molar-refractivity contribution in [2.24, 2.45) is 0 Å². The van der Waals surface area contributed by atoms with Gasteiger partial charge < -0.3 is 4.90 Å². The van der Waals surface area contributed by atoms with Gasteiger partial charge in [0.25, 0.3) is 11.5 Å². The van der Waals surface area contributed by atoms with Gasteiger partial charge in [0, 0.05) is 29.8 Å². The molecule has 7 nitrogen and oxygen atoms in total. The van der Waals surface area contributed by atoms with E-state index in [9.17, 15) is 9.59 Å². The van der Waals surface area contributed by atoms with Crippen LogP contribution in [-0.2, 0) is 13.0 Å². The second-order valence-corrected chi connectivity index (χ2v) is 8.15. The minimum atomic E-state index is -0.347. The molecule has 8 heteroatoms. The molecular formula is C19H21N5O2S. The highest BCUT2D eigenvalue weighted by molar-refractivity contribution is 7.15. The summed E-state index contributed by atoms with van der Waals surface area (Å²) in [5.41, 5.74) is 1.10. The summed E-state index contributed by atoms with van der Waals surface area (Å²) in [4.78, 5) is 33.6. The Kier molecular flexibility index (Phi) is 4.53. The molecule has 1 aromatic carbocycles. The highest BCUT2D eigenvalue weighted by Crippen LogP contribution is 2.28. The number of fused-ring (bicyclic) bond motifs is 2. The SMILES string of the molecule is CC(C)n1nc(C(=O)Nc2nc3c(s2)CN(C)CC3)c2ccccc2c1=O. The van der Waals surface area contributed by atoms with Crippen LogP contribution in [0.4, 0.5) is 5.13 Å². The predicted octanol–water partition coefficient (Wildman–Crippen LogP) is 2.67. The number of benzene rings is 1.